The molecule has 0 saturated heterocycles. The normalized spacial score (nSPS) is 11.4. The number of nitriles is 5. The van der Waals surface area contributed by atoms with Crippen LogP contribution in [0, 0.1) is 56.7 Å². The molecule has 0 aliphatic rings. The molecule has 0 unspecified atom stereocenters. The number of para-hydroxylation sites is 6. The van der Waals surface area contributed by atoms with Crippen LogP contribution in [-0.2, 0) is 0 Å². The summed E-state index contributed by atoms with van der Waals surface area (Å²) in [6.07, 6.45) is 3.67. The van der Waals surface area contributed by atoms with E-state index >= 15 is 0 Å². The molecule has 0 aliphatic carbocycles. The van der Waals surface area contributed by atoms with Gasteiger partial charge in [-0.1, -0.05) is 127 Å². The summed E-state index contributed by atoms with van der Waals surface area (Å²) in [5.74, 6) is 0. The monoisotopic (exact) mass is 1240 g/mol. The van der Waals surface area contributed by atoms with E-state index in [9.17, 15) is 26.3 Å². The van der Waals surface area contributed by atoms with E-state index in [1.165, 1.54) is 0 Å². The van der Waals surface area contributed by atoms with Crippen LogP contribution in [0.3, 0.4) is 0 Å². The fourth-order valence-corrected chi connectivity index (χ4v) is 15.3. The maximum atomic E-state index is 13.1. The lowest BCUT2D eigenvalue weighted by atomic mass is 9.75. The molecule has 0 radical (unpaired) electrons. The van der Waals surface area contributed by atoms with E-state index in [0.29, 0.717) is 38.9 Å². The third-order valence-corrected chi connectivity index (χ3v) is 19.4. The van der Waals surface area contributed by atoms with Crippen LogP contribution in [0.15, 0.2) is 291 Å². The molecular formula is C88H48N10. The molecule has 98 heavy (non-hydrogen) atoms. The maximum Gasteiger partial charge on any atom is 0.100 e. The van der Waals surface area contributed by atoms with E-state index in [4.69, 9.17) is 4.98 Å². The molecule has 18 rings (SSSR count). The Balaban J connectivity index is 1.07. The molecule has 13 aromatic carbocycles. The van der Waals surface area contributed by atoms with Crippen molar-refractivity contribution in [2.75, 3.05) is 0 Å². The molecule has 5 aromatic heterocycles. The molecule has 0 bridgehead atoms. The minimum Gasteiger partial charge on any atom is -0.309 e. The Bertz CT molecular complexity index is 6520. The zero-order chi connectivity index (χ0) is 65.7. The van der Waals surface area contributed by atoms with Gasteiger partial charge in [0.2, 0.25) is 0 Å². The van der Waals surface area contributed by atoms with Gasteiger partial charge in [-0.3, -0.25) is 4.98 Å². The summed E-state index contributed by atoms with van der Waals surface area (Å²) < 4.78 is 9.06. The van der Waals surface area contributed by atoms with Gasteiger partial charge in [-0.15, -0.1) is 0 Å². The standard InChI is InChI=1S/C88H48N10/c89-48-54-29-35-80-67(42-54)68-43-55(49-90)30-36-81(68)97(80)76-27-13-9-23-65(76)87-73(52-93)84(58-33-39-78-71(46-58)63-21-7-11-25-74(63)95(78)61-17-3-1-4-18-61)88(66-24-10-14-28-77(66)98-82-37-31-56(50-91)44-69(82)70-45-57(51-92)32-38-83(70)98)85(86(87)60-16-15-41-94-53-60)59-34-40-79-72(47-59)64-22-8-12-26-75(64)96(79)62-19-5-2-6-20-62/h1-47,53H. The maximum absolute atomic E-state index is 13.1. The van der Waals surface area contributed by atoms with Gasteiger partial charge in [0.05, 0.1) is 108 Å². The predicted molar refractivity (Wildman–Crippen MR) is 392 cm³/mol. The van der Waals surface area contributed by atoms with Gasteiger partial charge in [-0.2, -0.15) is 26.3 Å². The van der Waals surface area contributed by atoms with Crippen molar-refractivity contribution in [3.8, 4) is 109 Å². The number of aromatic nitrogens is 5. The van der Waals surface area contributed by atoms with E-state index < -0.39 is 0 Å². The van der Waals surface area contributed by atoms with Gasteiger partial charge in [0.25, 0.3) is 0 Å². The highest BCUT2D eigenvalue weighted by Crippen LogP contribution is 2.56. The molecule has 0 fully saturated rings. The first-order valence-electron chi connectivity index (χ1n) is 32.1. The summed E-state index contributed by atoms with van der Waals surface area (Å²) in [5.41, 5.74) is 20.9. The number of pyridine rings is 1. The largest absolute Gasteiger partial charge is 0.309 e. The molecule has 10 nitrogen and oxygen atoms in total. The first-order chi connectivity index (χ1) is 48.4. The van der Waals surface area contributed by atoms with Gasteiger partial charge in [-0.05, 0) is 168 Å². The summed E-state index contributed by atoms with van der Waals surface area (Å²) in [5, 5.41) is 62.0. The SMILES string of the molecule is N#Cc1ccc2c(c1)c1cc(C#N)ccc1n2-c1ccccc1-c1c(C#N)c(-c2ccc3c(c2)c2ccccc2n3-c2ccccc2)c(-c2ccccc2-n2c3ccc(C#N)cc3c3cc(C#N)ccc32)c(-c2ccc3c(c2)c2ccccc2n3-c2ccccc2)c1-c1cccnc1. The second-order valence-corrected chi connectivity index (χ2v) is 24.5. The molecule has 450 valence electrons. The molecule has 0 spiro atoms. The summed E-state index contributed by atoms with van der Waals surface area (Å²) in [6.45, 7) is 0. The van der Waals surface area contributed by atoms with E-state index in [1.54, 1.807) is 6.20 Å². The number of fused-ring (bicyclic) bond motifs is 12. The van der Waals surface area contributed by atoms with Crippen LogP contribution < -0.4 is 0 Å². The minimum absolute atomic E-state index is 0.400. The number of hydrogen-bond acceptors (Lipinski definition) is 6. The summed E-state index contributed by atoms with van der Waals surface area (Å²) >= 11 is 0. The molecule has 18 aromatic rings. The van der Waals surface area contributed by atoms with Crippen LogP contribution in [-0.4, -0.2) is 23.3 Å². The van der Waals surface area contributed by atoms with Crippen LogP contribution in [0.25, 0.3) is 166 Å². The number of hydrogen-bond donors (Lipinski definition) is 0. The van der Waals surface area contributed by atoms with Crippen LogP contribution in [0.2, 0.25) is 0 Å². The van der Waals surface area contributed by atoms with Crippen molar-refractivity contribution in [3.63, 3.8) is 0 Å². The van der Waals surface area contributed by atoms with Crippen molar-refractivity contribution in [3.05, 3.63) is 319 Å². The minimum atomic E-state index is 0.400. The second kappa shape index (κ2) is 22.5. The Morgan fingerprint density at radius 2 is 0.602 bits per heavy atom. The van der Waals surface area contributed by atoms with Crippen molar-refractivity contribution >= 4 is 87.2 Å². The van der Waals surface area contributed by atoms with E-state index in [2.05, 4.69) is 218 Å². The highest BCUT2D eigenvalue weighted by atomic mass is 15.0. The number of benzene rings is 13. The van der Waals surface area contributed by atoms with Gasteiger partial charge in [0, 0.05) is 106 Å². The number of rotatable bonds is 9. The van der Waals surface area contributed by atoms with Crippen LogP contribution in [0.5, 0.6) is 0 Å². The highest BCUT2D eigenvalue weighted by Gasteiger charge is 2.33. The molecule has 5 heterocycles. The van der Waals surface area contributed by atoms with Gasteiger partial charge in [0.1, 0.15) is 6.07 Å². The Labute approximate surface area is 561 Å². The van der Waals surface area contributed by atoms with Crippen molar-refractivity contribution < 1.29 is 0 Å². The quantitative estimate of drug-likeness (QED) is 0.140. The lowest BCUT2D eigenvalue weighted by Gasteiger charge is -2.28. The Morgan fingerprint density at radius 3 is 1.03 bits per heavy atom. The van der Waals surface area contributed by atoms with E-state index in [-0.39, 0.29) is 0 Å². The van der Waals surface area contributed by atoms with Crippen LogP contribution in [0.4, 0.5) is 0 Å². The second-order valence-electron chi connectivity index (χ2n) is 24.5. The van der Waals surface area contributed by atoms with Crippen molar-refractivity contribution in [1.29, 1.82) is 26.3 Å². The third-order valence-electron chi connectivity index (χ3n) is 19.4. The van der Waals surface area contributed by atoms with E-state index in [1.807, 2.05) is 115 Å². The van der Waals surface area contributed by atoms with E-state index in [0.717, 1.165) is 154 Å². The van der Waals surface area contributed by atoms with Crippen molar-refractivity contribution in [1.82, 2.24) is 23.3 Å². The lowest BCUT2D eigenvalue weighted by molar-refractivity contribution is 1.18. The smallest absolute Gasteiger partial charge is 0.100 e. The molecule has 0 N–H and O–H groups in total. The van der Waals surface area contributed by atoms with Gasteiger partial charge in [-0.25, -0.2) is 0 Å². The van der Waals surface area contributed by atoms with Crippen LogP contribution >= 0.6 is 0 Å². The first-order valence-corrected chi connectivity index (χ1v) is 32.1. The molecule has 0 aliphatic heterocycles. The van der Waals surface area contributed by atoms with Gasteiger partial charge in [0.15, 0.2) is 0 Å². The fraction of sp³-hybridized carbons (Fsp3) is 0. The Hall–Kier alpha value is -14.3. The molecule has 0 atom stereocenters. The molecule has 0 saturated carbocycles. The molecule has 10 heteroatoms. The molecular weight excluding hydrogens is 1200 g/mol. The Kier molecular flexibility index (Phi) is 12.9. The van der Waals surface area contributed by atoms with Crippen LogP contribution in [0.1, 0.15) is 27.8 Å². The summed E-state index contributed by atoms with van der Waals surface area (Å²) in [7, 11) is 0. The third kappa shape index (κ3) is 8.52. The summed E-state index contributed by atoms with van der Waals surface area (Å²) in [4.78, 5) is 4.93. The zero-order valence-corrected chi connectivity index (χ0v) is 52.2. The van der Waals surface area contributed by atoms with Gasteiger partial charge < -0.3 is 18.3 Å². The fourth-order valence-electron chi connectivity index (χ4n) is 15.3. The molecule has 0 amide bonds. The van der Waals surface area contributed by atoms with Crippen molar-refractivity contribution in [2.45, 2.75) is 0 Å². The summed E-state index contributed by atoms with van der Waals surface area (Å²) in [6, 6.07) is 107. The average Bonchev–Trinajstić information content (AvgIpc) is 1.16. The first kappa shape index (κ1) is 56.4. The average molecular weight is 1250 g/mol. The highest BCUT2D eigenvalue weighted by molar-refractivity contribution is 6.19. The van der Waals surface area contributed by atoms with Gasteiger partial charge >= 0.3 is 0 Å². The Morgan fingerprint density at radius 1 is 0.245 bits per heavy atom. The number of nitrogens with zero attached hydrogens (tertiary/aromatic N) is 10. The topological polar surface area (TPSA) is 152 Å². The zero-order valence-electron chi connectivity index (χ0n) is 52.2. The predicted octanol–water partition coefficient (Wildman–Crippen LogP) is 21.2. The van der Waals surface area contributed by atoms with Crippen molar-refractivity contribution in [2.24, 2.45) is 0 Å². The lowest BCUT2D eigenvalue weighted by Crippen LogP contribution is -2.06.